The third kappa shape index (κ3) is 1.68. The molecule has 0 radical (unpaired) electrons. The number of hydrogen-bond acceptors (Lipinski definition) is 3. The molecule has 1 aromatic heterocycles. The van der Waals surface area contributed by atoms with Gasteiger partial charge in [-0.05, 0) is 12.1 Å². The average molecular weight is 262 g/mol. The molecule has 0 unspecified atom stereocenters. The van der Waals surface area contributed by atoms with Crippen molar-refractivity contribution in [2.45, 2.75) is 6.42 Å². The highest BCUT2D eigenvalue weighted by molar-refractivity contribution is 5.90. The van der Waals surface area contributed by atoms with Crippen LogP contribution in [0.15, 0.2) is 18.2 Å². The fraction of sp³-hybridized carbons (Fsp3) is 0.231. The zero-order chi connectivity index (χ0) is 13.6. The van der Waals surface area contributed by atoms with Crippen molar-refractivity contribution in [1.82, 2.24) is 9.78 Å². The van der Waals surface area contributed by atoms with Crippen LogP contribution < -0.4 is 4.74 Å². The Labute approximate surface area is 108 Å². The Morgan fingerprint density at radius 2 is 2.32 bits per heavy atom. The maximum Gasteiger partial charge on any atom is 0.354 e. The third-order valence-corrected chi connectivity index (χ3v) is 3.17. The number of ether oxygens (including phenoxy) is 1. The normalized spacial score (nSPS) is 13.2. The second-order valence-corrected chi connectivity index (χ2v) is 4.32. The molecule has 0 atom stereocenters. The van der Waals surface area contributed by atoms with Gasteiger partial charge in [-0.2, -0.15) is 5.10 Å². The van der Waals surface area contributed by atoms with Gasteiger partial charge in [-0.3, -0.25) is 4.68 Å². The van der Waals surface area contributed by atoms with Crippen LogP contribution in [0.2, 0.25) is 0 Å². The van der Waals surface area contributed by atoms with Crippen LogP contribution in [0.5, 0.6) is 5.75 Å². The Balaban J connectivity index is 2.31. The lowest BCUT2D eigenvalue weighted by Gasteiger charge is -2.07. The molecule has 3 rings (SSSR count). The summed E-state index contributed by atoms with van der Waals surface area (Å²) in [5, 5.41) is 13.4. The molecule has 0 bridgehead atoms. The predicted molar refractivity (Wildman–Crippen MR) is 64.8 cm³/mol. The summed E-state index contributed by atoms with van der Waals surface area (Å²) in [6.45, 7) is 0.229. The Morgan fingerprint density at radius 3 is 3.05 bits per heavy atom. The van der Waals surface area contributed by atoms with E-state index < -0.39 is 11.8 Å². The maximum atomic E-state index is 13.7. The second kappa shape index (κ2) is 4.08. The summed E-state index contributed by atoms with van der Waals surface area (Å²) in [4.78, 5) is 11.3. The number of carbonyl (C=O) groups is 1. The summed E-state index contributed by atoms with van der Waals surface area (Å²) < 4.78 is 20.4. The van der Waals surface area contributed by atoms with Gasteiger partial charge in [0.1, 0.15) is 11.4 Å². The van der Waals surface area contributed by atoms with Crippen molar-refractivity contribution < 1.29 is 19.0 Å². The zero-order valence-electron chi connectivity index (χ0n) is 10.2. The fourth-order valence-electron chi connectivity index (χ4n) is 2.39. The molecule has 0 fully saturated rings. The van der Waals surface area contributed by atoms with Crippen LogP contribution in [0, 0.1) is 5.82 Å². The first-order valence-electron chi connectivity index (χ1n) is 5.80. The van der Waals surface area contributed by atoms with E-state index in [1.165, 1.54) is 10.7 Å². The van der Waals surface area contributed by atoms with Gasteiger partial charge < -0.3 is 9.84 Å². The van der Waals surface area contributed by atoms with Crippen molar-refractivity contribution in [3.8, 4) is 17.0 Å². The van der Waals surface area contributed by atoms with Gasteiger partial charge in [0, 0.05) is 24.6 Å². The highest BCUT2D eigenvalue weighted by Crippen LogP contribution is 2.37. The van der Waals surface area contributed by atoms with Crippen molar-refractivity contribution >= 4 is 5.97 Å². The lowest BCUT2D eigenvalue weighted by Crippen LogP contribution is -2.10. The van der Waals surface area contributed by atoms with Gasteiger partial charge in [-0.15, -0.1) is 0 Å². The minimum Gasteiger partial charge on any atom is -0.489 e. The van der Waals surface area contributed by atoms with Crippen LogP contribution in [-0.2, 0) is 13.5 Å². The Bertz CT molecular complexity index is 679. The highest BCUT2D eigenvalue weighted by atomic mass is 19.1. The minimum absolute atomic E-state index is 0.121. The molecule has 0 aliphatic carbocycles. The summed E-state index contributed by atoms with van der Waals surface area (Å²) in [5.74, 6) is -1.37. The van der Waals surface area contributed by atoms with Crippen LogP contribution in [0.25, 0.3) is 11.3 Å². The lowest BCUT2D eigenvalue weighted by molar-refractivity contribution is 0.0683. The molecular formula is C13H11FN2O3. The van der Waals surface area contributed by atoms with Gasteiger partial charge >= 0.3 is 5.97 Å². The van der Waals surface area contributed by atoms with E-state index in [0.29, 0.717) is 23.2 Å². The summed E-state index contributed by atoms with van der Waals surface area (Å²) in [5.41, 5.74) is 1.68. The predicted octanol–water partition coefficient (Wildman–Crippen LogP) is 1.86. The monoisotopic (exact) mass is 262 g/mol. The largest absolute Gasteiger partial charge is 0.489 e. The van der Waals surface area contributed by atoms with Crippen molar-refractivity contribution in [1.29, 1.82) is 0 Å². The number of hydrogen-bond donors (Lipinski definition) is 1. The van der Waals surface area contributed by atoms with Crippen molar-refractivity contribution in [3.05, 3.63) is 35.3 Å². The zero-order valence-corrected chi connectivity index (χ0v) is 10.2. The topological polar surface area (TPSA) is 64.4 Å². The summed E-state index contributed by atoms with van der Waals surface area (Å²) in [6, 6.07) is 4.55. The number of aryl methyl sites for hydroxylation is 1. The number of nitrogens with zero attached hydrogens (tertiary/aromatic N) is 2. The van der Waals surface area contributed by atoms with Crippen molar-refractivity contribution in [3.63, 3.8) is 0 Å². The molecule has 1 aromatic carbocycles. The second-order valence-electron chi connectivity index (χ2n) is 4.32. The molecular weight excluding hydrogens is 251 g/mol. The number of halogens is 1. The number of aromatic nitrogens is 2. The van der Waals surface area contributed by atoms with Crippen LogP contribution in [0.1, 0.15) is 16.1 Å². The number of aromatic carboxylic acids is 1. The van der Waals surface area contributed by atoms with Crippen LogP contribution in [0.4, 0.5) is 4.39 Å². The standard InChI is InChI=1S/C13H11FN2O3/c1-16-11(13(17)18)7-5-6-19-12-8(10(7)15-16)3-2-4-9(12)14/h2-4H,5-6H2,1H3,(H,17,18). The molecule has 0 amide bonds. The number of rotatable bonds is 1. The molecule has 2 heterocycles. The molecule has 0 saturated carbocycles. The van der Waals surface area contributed by atoms with Crippen molar-refractivity contribution in [2.24, 2.45) is 7.05 Å². The van der Waals surface area contributed by atoms with Crippen LogP contribution >= 0.6 is 0 Å². The first kappa shape index (κ1) is 11.7. The summed E-state index contributed by atoms with van der Waals surface area (Å²) >= 11 is 0. The number of carboxylic acid groups (broad SMARTS) is 1. The summed E-state index contributed by atoms with van der Waals surface area (Å²) in [6.07, 6.45) is 0.388. The first-order chi connectivity index (χ1) is 9.09. The molecule has 0 saturated heterocycles. The van der Waals surface area contributed by atoms with E-state index in [9.17, 15) is 14.3 Å². The van der Waals surface area contributed by atoms with E-state index >= 15 is 0 Å². The Kier molecular flexibility index (Phi) is 2.51. The smallest absolute Gasteiger partial charge is 0.354 e. The van der Waals surface area contributed by atoms with Gasteiger partial charge in [-0.1, -0.05) is 6.07 Å². The molecule has 0 spiro atoms. The van der Waals surface area contributed by atoms with Crippen LogP contribution in [0.3, 0.4) is 0 Å². The molecule has 6 heteroatoms. The van der Waals surface area contributed by atoms with E-state index in [1.54, 1.807) is 19.2 Å². The molecule has 1 aliphatic heterocycles. The summed E-state index contributed by atoms with van der Waals surface area (Å²) in [7, 11) is 1.57. The highest BCUT2D eigenvalue weighted by Gasteiger charge is 2.27. The quantitative estimate of drug-likeness (QED) is 0.852. The van der Waals surface area contributed by atoms with Crippen LogP contribution in [-0.4, -0.2) is 27.5 Å². The van der Waals surface area contributed by atoms with Gasteiger partial charge in [0.15, 0.2) is 11.6 Å². The van der Waals surface area contributed by atoms with Crippen molar-refractivity contribution in [2.75, 3.05) is 6.61 Å². The number of carboxylic acids is 1. The maximum absolute atomic E-state index is 13.7. The van der Waals surface area contributed by atoms with E-state index in [2.05, 4.69) is 5.10 Å². The molecule has 19 heavy (non-hydrogen) atoms. The van der Waals surface area contributed by atoms with E-state index in [4.69, 9.17) is 4.74 Å². The Hall–Kier alpha value is -2.37. The fourth-order valence-corrected chi connectivity index (χ4v) is 2.39. The first-order valence-corrected chi connectivity index (χ1v) is 5.80. The average Bonchev–Trinajstić information content (AvgIpc) is 2.57. The molecule has 98 valence electrons. The van der Waals surface area contributed by atoms with E-state index in [0.717, 1.165) is 0 Å². The number of para-hydroxylation sites is 1. The SMILES string of the molecule is Cn1nc2c(c1C(=O)O)CCOc1c(F)cccc1-2. The molecule has 1 aliphatic rings. The molecule has 5 nitrogen and oxygen atoms in total. The van der Waals surface area contributed by atoms with Gasteiger partial charge in [0.05, 0.1) is 6.61 Å². The number of fused-ring (bicyclic) bond motifs is 3. The molecule has 2 aromatic rings. The number of benzene rings is 1. The Morgan fingerprint density at radius 1 is 1.53 bits per heavy atom. The molecule has 1 N–H and O–H groups in total. The van der Waals surface area contributed by atoms with Gasteiger partial charge in [0.2, 0.25) is 0 Å². The van der Waals surface area contributed by atoms with Gasteiger partial charge in [0.25, 0.3) is 0 Å². The van der Waals surface area contributed by atoms with Gasteiger partial charge in [-0.25, -0.2) is 9.18 Å². The van der Waals surface area contributed by atoms with E-state index in [1.807, 2.05) is 0 Å². The lowest BCUT2D eigenvalue weighted by atomic mass is 10.0. The minimum atomic E-state index is -1.05. The van der Waals surface area contributed by atoms with E-state index in [-0.39, 0.29) is 18.1 Å². The third-order valence-electron chi connectivity index (χ3n) is 3.17.